The van der Waals surface area contributed by atoms with E-state index in [1.165, 1.54) is 12.7 Å². The second kappa shape index (κ2) is 7.61. The van der Waals surface area contributed by atoms with E-state index in [0.29, 0.717) is 5.57 Å². The molecule has 1 aromatic rings. The van der Waals surface area contributed by atoms with Crippen LogP contribution in [0.25, 0.3) is 0 Å². The van der Waals surface area contributed by atoms with Crippen LogP contribution in [0.4, 0.5) is 0 Å². The van der Waals surface area contributed by atoms with Crippen LogP contribution in [0.1, 0.15) is 12.5 Å². The molecular weight excluding hydrogens is 228 g/mol. The summed E-state index contributed by atoms with van der Waals surface area (Å²) in [6, 6.07) is 4.03. The van der Waals surface area contributed by atoms with E-state index in [4.69, 9.17) is 0 Å². The first-order valence-electron chi connectivity index (χ1n) is 5.96. The second-order valence-electron chi connectivity index (χ2n) is 4.25. The van der Waals surface area contributed by atoms with E-state index in [2.05, 4.69) is 14.6 Å². The number of pyridine rings is 1. The number of hydrogen-bond donors (Lipinski definition) is 0. The Balaban J connectivity index is 2.34. The summed E-state index contributed by atoms with van der Waals surface area (Å²) in [6.45, 7) is 3.45. The van der Waals surface area contributed by atoms with Crippen LogP contribution in [0.3, 0.4) is 0 Å². The first-order valence-corrected chi connectivity index (χ1v) is 5.96. The highest BCUT2D eigenvalue weighted by molar-refractivity contribution is 5.87. The number of esters is 1. The molecular formula is C14H20N2O2. The predicted octanol–water partition coefficient (Wildman–Crippen LogP) is 1.68. The van der Waals surface area contributed by atoms with E-state index in [1.54, 1.807) is 19.3 Å². The molecule has 1 rings (SSSR count). The Morgan fingerprint density at radius 3 is 2.72 bits per heavy atom. The van der Waals surface area contributed by atoms with Crippen LogP contribution < -0.4 is 0 Å². The molecule has 0 atom stereocenters. The molecule has 0 radical (unpaired) electrons. The molecule has 0 aliphatic heterocycles. The summed E-state index contributed by atoms with van der Waals surface area (Å²) in [4.78, 5) is 17.3. The second-order valence-corrected chi connectivity index (χ2v) is 4.25. The number of hydrogen-bond acceptors (Lipinski definition) is 4. The molecule has 0 saturated carbocycles. The molecule has 18 heavy (non-hydrogen) atoms. The summed E-state index contributed by atoms with van der Waals surface area (Å²) in [5.74, 6) is -0.266. The van der Waals surface area contributed by atoms with Crippen molar-refractivity contribution in [1.82, 2.24) is 9.88 Å². The van der Waals surface area contributed by atoms with Gasteiger partial charge in [-0.15, -0.1) is 0 Å². The Labute approximate surface area is 108 Å². The summed E-state index contributed by atoms with van der Waals surface area (Å²) in [5, 5.41) is 0. The van der Waals surface area contributed by atoms with Gasteiger partial charge in [0.15, 0.2) is 0 Å². The third-order valence-corrected chi connectivity index (χ3v) is 2.75. The highest BCUT2D eigenvalue weighted by atomic mass is 16.5. The maximum atomic E-state index is 11.2. The number of carbonyl (C=O) groups excluding carboxylic acids is 1. The fourth-order valence-electron chi connectivity index (χ4n) is 1.50. The molecule has 0 spiro atoms. The smallest absolute Gasteiger partial charge is 0.333 e. The first-order chi connectivity index (χ1) is 8.63. The molecule has 0 aromatic carbocycles. The number of methoxy groups -OCH3 is 1. The Hall–Kier alpha value is -1.68. The van der Waals surface area contributed by atoms with E-state index in [1.807, 2.05) is 25.3 Å². The molecule has 0 bridgehead atoms. The predicted molar refractivity (Wildman–Crippen MR) is 71.2 cm³/mol. The molecule has 1 heterocycles. The van der Waals surface area contributed by atoms with Crippen molar-refractivity contribution in [2.75, 3.05) is 27.2 Å². The minimum Gasteiger partial charge on any atom is -0.466 e. The van der Waals surface area contributed by atoms with Gasteiger partial charge in [-0.1, -0.05) is 6.08 Å². The summed E-state index contributed by atoms with van der Waals surface area (Å²) >= 11 is 0. The van der Waals surface area contributed by atoms with Gasteiger partial charge in [-0.25, -0.2) is 4.79 Å². The molecule has 4 heteroatoms. The number of ether oxygens (including phenoxy) is 1. The zero-order valence-corrected chi connectivity index (χ0v) is 11.2. The molecule has 4 nitrogen and oxygen atoms in total. The van der Waals surface area contributed by atoms with E-state index >= 15 is 0 Å². The number of likely N-dealkylation sites (N-methyl/N-ethyl adjacent to an activating group) is 1. The number of aromatic nitrogens is 1. The number of rotatable bonds is 6. The van der Waals surface area contributed by atoms with Gasteiger partial charge in [0, 0.05) is 31.1 Å². The Bertz CT molecular complexity index is 402. The van der Waals surface area contributed by atoms with E-state index < -0.39 is 0 Å². The zero-order valence-electron chi connectivity index (χ0n) is 11.2. The highest BCUT2D eigenvalue weighted by Crippen LogP contribution is 2.00. The van der Waals surface area contributed by atoms with Crippen LogP contribution in [0.5, 0.6) is 0 Å². The SMILES string of the molecule is COC(=O)C(C)=CCN(C)CCc1ccncc1. The van der Waals surface area contributed by atoms with Crippen LogP contribution in [-0.2, 0) is 16.0 Å². The van der Waals surface area contributed by atoms with Gasteiger partial charge in [-0.05, 0) is 38.1 Å². The van der Waals surface area contributed by atoms with Crippen molar-refractivity contribution in [3.05, 3.63) is 41.7 Å². The monoisotopic (exact) mass is 248 g/mol. The summed E-state index contributed by atoms with van der Waals surface area (Å²) in [5.41, 5.74) is 1.92. The average Bonchev–Trinajstić information content (AvgIpc) is 2.42. The van der Waals surface area contributed by atoms with Gasteiger partial charge in [0.1, 0.15) is 0 Å². The molecule has 0 unspecified atom stereocenters. The molecule has 0 saturated heterocycles. The van der Waals surface area contributed by atoms with Crippen molar-refractivity contribution in [3.8, 4) is 0 Å². The molecule has 0 aliphatic carbocycles. The average molecular weight is 248 g/mol. The molecule has 0 aliphatic rings. The maximum Gasteiger partial charge on any atom is 0.333 e. The van der Waals surface area contributed by atoms with E-state index in [-0.39, 0.29) is 5.97 Å². The van der Waals surface area contributed by atoms with Crippen molar-refractivity contribution < 1.29 is 9.53 Å². The minimum absolute atomic E-state index is 0.266. The number of carbonyl (C=O) groups is 1. The molecule has 0 N–H and O–H groups in total. The van der Waals surface area contributed by atoms with Crippen molar-refractivity contribution in [1.29, 1.82) is 0 Å². The lowest BCUT2D eigenvalue weighted by Gasteiger charge is -2.14. The molecule has 98 valence electrons. The molecule has 1 aromatic heterocycles. The third kappa shape index (κ3) is 5.10. The minimum atomic E-state index is -0.266. The summed E-state index contributed by atoms with van der Waals surface area (Å²) < 4.78 is 4.64. The quantitative estimate of drug-likeness (QED) is 0.567. The van der Waals surface area contributed by atoms with Gasteiger partial charge < -0.3 is 9.64 Å². The lowest BCUT2D eigenvalue weighted by molar-refractivity contribution is -0.136. The standard InChI is InChI=1S/C14H20N2O2/c1-12(14(17)18-3)6-10-16(2)11-7-13-4-8-15-9-5-13/h4-6,8-9H,7,10-11H2,1-3H3. The van der Waals surface area contributed by atoms with E-state index in [0.717, 1.165) is 19.5 Å². The van der Waals surface area contributed by atoms with Crippen LogP contribution in [0.15, 0.2) is 36.2 Å². The van der Waals surface area contributed by atoms with Gasteiger partial charge >= 0.3 is 5.97 Å². The van der Waals surface area contributed by atoms with Gasteiger partial charge in [-0.3, -0.25) is 4.98 Å². The van der Waals surface area contributed by atoms with Crippen LogP contribution in [0.2, 0.25) is 0 Å². The maximum absolute atomic E-state index is 11.2. The lowest BCUT2D eigenvalue weighted by atomic mass is 10.2. The fourth-order valence-corrected chi connectivity index (χ4v) is 1.50. The zero-order chi connectivity index (χ0) is 13.4. The Kier molecular flexibility index (Phi) is 6.08. The third-order valence-electron chi connectivity index (χ3n) is 2.75. The van der Waals surface area contributed by atoms with Gasteiger partial charge in [-0.2, -0.15) is 0 Å². The summed E-state index contributed by atoms with van der Waals surface area (Å²) in [7, 11) is 3.43. The van der Waals surface area contributed by atoms with E-state index in [9.17, 15) is 4.79 Å². The molecule has 0 amide bonds. The Morgan fingerprint density at radius 1 is 1.44 bits per heavy atom. The van der Waals surface area contributed by atoms with Crippen molar-refractivity contribution in [2.24, 2.45) is 0 Å². The number of nitrogens with zero attached hydrogens (tertiary/aromatic N) is 2. The van der Waals surface area contributed by atoms with Crippen LogP contribution >= 0.6 is 0 Å². The highest BCUT2D eigenvalue weighted by Gasteiger charge is 2.03. The topological polar surface area (TPSA) is 42.4 Å². The van der Waals surface area contributed by atoms with Crippen LogP contribution in [0, 0.1) is 0 Å². The van der Waals surface area contributed by atoms with Gasteiger partial charge in [0.25, 0.3) is 0 Å². The summed E-state index contributed by atoms with van der Waals surface area (Å²) in [6.07, 6.45) is 6.47. The normalized spacial score (nSPS) is 11.7. The van der Waals surface area contributed by atoms with Crippen molar-refractivity contribution >= 4 is 5.97 Å². The first kappa shape index (κ1) is 14.4. The van der Waals surface area contributed by atoms with Crippen molar-refractivity contribution in [3.63, 3.8) is 0 Å². The van der Waals surface area contributed by atoms with Crippen LogP contribution in [-0.4, -0.2) is 43.1 Å². The van der Waals surface area contributed by atoms with Gasteiger partial charge in [0.2, 0.25) is 0 Å². The van der Waals surface area contributed by atoms with Crippen molar-refractivity contribution in [2.45, 2.75) is 13.3 Å². The lowest BCUT2D eigenvalue weighted by Crippen LogP contribution is -2.22. The largest absolute Gasteiger partial charge is 0.466 e. The fraction of sp³-hybridized carbons (Fsp3) is 0.429. The van der Waals surface area contributed by atoms with Gasteiger partial charge in [0.05, 0.1) is 7.11 Å². The Morgan fingerprint density at radius 2 is 2.11 bits per heavy atom. The molecule has 0 fully saturated rings.